The summed E-state index contributed by atoms with van der Waals surface area (Å²) in [5.74, 6) is -0.255. The summed E-state index contributed by atoms with van der Waals surface area (Å²) >= 11 is 0. The molecule has 1 aromatic carbocycles. The fourth-order valence-electron chi connectivity index (χ4n) is 0.939. The molecule has 0 aliphatic carbocycles. The summed E-state index contributed by atoms with van der Waals surface area (Å²) in [4.78, 5) is 24.6. The first-order valence-electron chi connectivity index (χ1n) is 3.63. The number of para-hydroxylation sites is 1. The molecule has 0 N–H and O–H groups in total. The van der Waals surface area contributed by atoms with Crippen LogP contribution in [0.2, 0.25) is 0 Å². The summed E-state index contributed by atoms with van der Waals surface area (Å²) in [5, 5.41) is 0. The molecule has 3 nitrogen and oxygen atoms in total. The Morgan fingerprint density at radius 1 is 1.46 bits per heavy atom. The summed E-state index contributed by atoms with van der Waals surface area (Å²) in [5.41, 5.74) is 0.684. The third-order valence-corrected chi connectivity index (χ3v) is 1.52. The molecule has 0 unspecified atom stereocenters. The first-order valence-corrected chi connectivity index (χ1v) is 3.63. The van der Waals surface area contributed by atoms with Crippen molar-refractivity contribution in [3.63, 3.8) is 0 Å². The molecule has 0 atom stereocenters. The normalized spacial score (nSPS) is 8.62. The maximum Gasteiger partial charge on any atom is 0.240 e. The third-order valence-electron chi connectivity index (χ3n) is 1.52. The Labute approximate surface area is 75.4 Å². The molecule has 0 spiro atoms. The minimum absolute atomic E-state index is 0.255. The SMILES string of the molecule is C=CC(=O)c1ccccc1N=C=O. The molecule has 0 aliphatic heterocycles. The largest absolute Gasteiger partial charge is 0.289 e. The van der Waals surface area contributed by atoms with Crippen LogP contribution >= 0.6 is 0 Å². The van der Waals surface area contributed by atoms with Crippen molar-refractivity contribution in [2.75, 3.05) is 0 Å². The number of hydrogen-bond donors (Lipinski definition) is 0. The fraction of sp³-hybridized carbons (Fsp3) is 0. The number of hydrogen-bond acceptors (Lipinski definition) is 3. The zero-order chi connectivity index (χ0) is 9.68. The molecular weight excluding hydrogens is 166 g/mol. The van der Waals surface area contributed by atoms with Crippen molar-refractivity contribution in [1.29, 1.82) is 0 Å². The van der Waals surface area contributed by atoms with Gasteiger partial charge in [0.2, 0.25) is 6.08 Å². The molecule has 0 radical (unpaired) electrons. The van der Waals surface area contributed by atoms with E-state index in [0.29, 0.717) is 11.3 Å². The number of aliphatic imine (C=N–C) groups is 1. The van der Waals surface area contributed by atoms with Crippen LogP contribution in [0.3, 0.4) is 0 Å². The zero-order valence-electron chi connectivity index (χ0n) is 6.86. The summed E-state index contributed by atoms with van der Waals surface area (Å²) in [7, 11) is 0. The molecule has 0 aliphatic rings. The number of rotatable bonds is 3. The van der Waals surface area contributed by atoms with Crippen LogP contribution in [0.4, 0.5) is 5.69 Å². The van der Waals surface area contributed by atoms with Gasteiger partial charge in [-0.05, 0) is 18.2 Å². The van der Waals surface area contributed by atoms with Crippen molar-refractivity contribution < 1.29 is 9.59 Å². The molecule has 64 valence electrons. The van der Waals surface area contributed by atoms with Crippen molar-refractivity contribution in [3.05, 3.63) is 42.5 Å². The molecule has 0 amide bonds. The van der Waals surface area contributed by atoms with Crippen LogP contribution in [0.1, 0.15) is 10.4 Å². The van der Waals surface area contributed by atoms with Crippen molar-refractivity contribution >= 4 is 17.6 Å². The highest BCUT2D eigenvalue weighted by molar-refractivity contribution is 6.07. The minimum atomic E-state index is -0.255. The molecule has 13 heavy (non-hydrogen) atoms. The highest BCUT2D eigenvalue weighted by Gasteiger charge is 2.05. The smallest absolute Gasteiger partial charge is 0.240 e. The van der Waals surface area contributed by atoms with E-state index < -0.39 is 0 Å². The Balaban J connectivity index is 3.26. The average Bonchev–Trinajstić information content (AvgIpc) is 2.18. The summed E-state index contributed by atoms with van der Waals surface area (Å²) in [6.07, 6.45) is 2.57. The molecule has 1 rings (SSSR count). The second-order valence-corrected chi connectivity index (χ2v) is 2.29. The number of benzene rings is 1. The predicted molar refractivity (Wildman–Crippen MR) is 48.8 cm³/mol. The van der Waals surface area contributed by atoms with E-state index in [1.54, 1.807) is 24.3 Å². The number of allylic oxidation sites excluding steroid dienone is 1. The Hall–Kier alpha value is -1.99. The van der Waals surface area contributed by atoms with Gasteiger partial charge in [0.25, 0.3) is 0 Å². The number of nitrogens with zero attached hydrogens (tertiary/aromatic N) is 1. The minimum Gasteiger partial charge on any atom is -0.289 e. The van der Waals surface area contributed by atoms with E-state index in [2.05, 4.69) is 11.6 Å². The van der Waals surface area contributed by atoms with E-state index in [1.165, 1.54) is 12.2 Å². The van der Waals surface area contributed by atoms with Gasteiger partial charge in [-0.3, -0.25) is 4.79 Å². The maximum atomic E-state index is 11.2. The van der Waals surface area contributed by atoms with E-state index in [1.807, 2.05) is 0 Å². The van der Waals surface area contributed by atoms with E-state index in [4.69, 9.17) is 0 Å². The van der Waals surface area contributed by atoms with E-state index >= 15 is 0 Å². The lowest BCUT2D eigenvalue weighted by Crippen LogP contribution is -1.93. The number of isocyanates is 1. The van der Waals surface area contributed by atoms with Crippen molar-refractivity contribution in [3.8, 4) is 0 Å². The highest BCUT2D eigenvalue weighted by atomic mass is 16.1. The number of ketones is 1. The van der Waals surface area contributed by atoms with Gasteiger partial charge in [0.05, 0.1) is 5.69 Å². The Morgan fingerprint density at radius 2 is 2.15 bits per heavy atom. The molecule has 0 fully saturated rings. The Morgan fingerprint density at radius 3 is 2.77 bits per heavy atom. The second-order valence-electron chi connectivity index (χ2n) is 2.29. The summed E-state index contributed by atoms with van der Waals surface area (Å²) < 4.78 is 0. The van der Waals surface area contributed by atoms with Gasteiger partial charge >= 0.3 is 0 Å². The van der Waals surface area contributed by atoms with Crippen LogP contribution in [-0.2, 0) is 4.79 Å². The molecule has 3 heteroatoms. The molecule has 0 heterocycles. The fourth-order valence-corrected chi connectivity index (χ4v) is 0.939. The van der Waals surface area contributed by atoms with Crippen molar-refractivity contribution in [2.24, 2.45) is 4.99 Å². The summed E-state index contributed by atoms with van der Waals surface area (Å²) in [6.45, 7) is 3.35. The van der Waals surface area contributed by atoms with E-state index in [0.717, 1.165) is 0 Å². The highest BCUT2D eigenvalue weighted by Crippen LogP contribution is 2.18. The molecular formula is C10H7NO2. The standard InChI is InChI=1S/C10H7NO2/c1-2-10(13)8-5-3-4-6-9(8)11-7-12/h2-6H,1H2. The molecule has 0 saturated carbocycles. The summed E-state index contributed by atoms with van der Waals surface area (Å²) in [6, 6.07) is 6.54. The van der Waals surface area contributed by atoms with Crippen LogP contribution in [0, 0.1) is 0 Å². The maximum absolute atomic E-state index is 11.2. The van der Waals surface area contributed by atoms with Crippen molar-refractivity contribution in [1.82, 2.24) is 0 Å². The van der Waals surface area contributed by atoms with Gasteiger partial charge in [0.15, 0.2) is 5.78 Å². The van der Waals surface area contributed by atoms with Gasteiger partial charge in [-0.15, -0.1) is 0 Å². The van der Waals surface area contributed by atoms with Gasteiger partial charge in [0, 0.05) is 5.56 Å². The molecule has 1 aromatic rings. The van der Waals surface area contributed by atoms with Crippen molar-refractivity contribution in [2.45, 2.75) is 0 Å². The molecule has 0 bridgehead atoms. The lowest BCUT2D eigenvalue weighted by Gasteiger charge is -1.97. The topological polar surface area (TPSA) is 46.5 Å². The van der Waals surface area contributed by atoms with E-state index in [9.17, 15) is 9.59 Å². The van der Waals surface area contributed by atoms with Crippen LogP contribution in [-0.4, -0.2) is 11.9 Å². The van der Waals surface area contributed by atoms with Gasteiger partial charge < -0.3 is 0 Å². The lowest BCUT2D eigenvalue weighted by atomic mass is 10.1. The van der Waals surface area contributed by atoms with Crippen LogP contribution in [0.15, 0.2) is 41.9 Å². The quantitative estimate of drug-likeness (QED) is 0.304. The molecule has 0 aromatic heterocycles. The van der Waals surface area contributed by atoms with Crippen LogP contribution in [0.25, 0.3) is 0 Å². The van der Waals surface area contributed by atoms with Gasteiger partial charge in [-0.1, -0.05) is 18.7 Å². The van der Waals surface area contributed by atoms with E-state index in [-0.39, 0.29) is 5.78 Å². The number of carbonyl (C=O) groups is 1. The zero-order valence-corrected chi connectivity index (χ0v) is 6.86. The lowest BCUT2D eigenvalue weighted by molar-refractivity contribution is 0.104. The van der Waals surface area contributed by atoms with Crippen LogP contribution < -0.4 is 0 Å². The number of carbonyl (C=O) groups excluding carboxylic acids is 2. The predicted octanol–water partition coefficient (Wildman–Crippen LogP) is 2.02. The molecule has 0 saturated heterocycles. The van der Waals surface area contributed by atoms with Gasteiger partial charge in [0.1, 0.15) is 0 Å². The first-order chi connectivity index (χ1) is 6.29. The van der Waals surface area contributed by atoms with Crippen LogP contribution in [0.5, 0.6) is 0 Å². The Kier molecular flexibility index (Phi) is 2.90. The Bertz CT molecular complexity index is 390. The van der Waals surface area contributed by atoms with Gasteiger partial charge in [-0.25, -0.2) is 4.79 Å². The first kappa shape index (κ1) is 9.10. The second kappa shape index (κ2) is 4.14. The van der Waals surface area contributed by atoms with Gasteiger partial charge in [-0.2, -0.15) is 4.99 Å². The third kappa shape index (κ3) is 1.98. The average molecular weight is 173 g/mol. The monoisotopic (exact) mass is 173 g/mol.